The van der Waals surface area contributed by atoms with E-state index >= 15 is 0 Å². The molecule has 1 amide bonds. The van der Waals surface area contributed by atoms with Crippen LogP contribution in [0, 0.1) is 5.92 Å². The molecule has 2 heterocycles. The molecule has 28 heavy (non-hydrogen) atoms. The molecule has 0 radical (unpaired) electrons. The van der Waals surface area contributed by atoms with Crippen molar-refractivity contribution in [1.82, 2.24) is 5.32 Å². The van der Waals surface area contributed by atoms with Crippen LogP contribution in [0.3, 0.4) is 0 Å². The van der Waals surface area contributed by atoms with Crippen LogP contribution in [0.25, 0.3) is 0 Å². The molecule has 2 aromatic rings. The molecule has 148 valence electrons. The molecule has 0 saturated carbocycles. The molecule has 2 aliphatic heterocycles. The van der Waals surface area contributed by atoms with Gasteiger partial charge in [-0.2, -0.15) is 0 Å². The van der Waals surface area contributed by atoms with Crippen molar-refractivity contribution in [2.45, 2.75) is 32.7 Å². The Kier molecular flexibility index (Phi) is 5.53. The SMILES string of the molecule is CC(C)C(NCC(=O)N1CCc2ccccc21)c1ccc2c(c1)OCCCO2. The van der Waals surface area contributed by atoms with E-state index in [1.54, 1.807) is 0 Å². The topological polar surface area (TPSA) is 50.8 Å². The van der Waals surface area contributed by atoms with E-state index in [9.17, 15) is 4.79 Å². The largest absolute Gasteiger partial charge is 0.490 e. The quantitative estimate of drug-likeness (QED) is 0.859. The number of carbonyl (C=O) groups excluding carboxylic acids is 1. The van der Waals surface area contributed by atoms with Gasteiger partial charge < -0.3 is 19.7 Å². The molecular weight excluding hydrogens is 352 g/mol. The standard InChI is InChI=1S/C23H28N2O3/c1-16(2)23(18-8-9-20-21(14-18)28-13-5-12-27-20)24-15-22(26)25-11-10-17-6-3-4-7-19(17)25/h3-4,6-9,14,16,23-24H,5,10-13,15H2,1-2H3. The Hall–Kier alpha value is -2.53. The van der Waals surface area contributed by atoms with Gasteiger partial charge in [-0.3, -0.25) is 4.79 Å². The molecule has 4 rings (SSSR count). The summed E-state index contributed by atoms with van der Waals surface area (Å²) in [6.07, 6.45) is 1.82. The number of para-hydroxylation sites is 1. The number of ether oxygens (including phenoxy) is 2. The zero-order valence-electron chi connectivity index (χ0n) is 16.6. The van der Waals surface area contributed by atoms with E-state index in [4.69, 9.17) is 9.47 Å². The summed E-state index contributed by atoms with van der Waals surface area (Å²) in [4.78, 5) is 14.8. The Morgan fingerprint density at radius 1 is 1.11 bits per heavy atom. The van der Waals surface area contributed by atoms with E-state index in [1.807, 2.05) is 35.2 Å². The summed E-state index contributed by atoms with van der Waals surface area (Å²) in [6.45, 7) is 6.75. The fourth-order valence-corrected chi connectivity index (χ4v) is 4.00. The minimum absolute atomic E-state index is 0.0685. The third kappa shape index (κ3) is 3.85. The molecule has 0 spiro atoms. The van der Waals surface area contributed by atoms with Gasteiger partial charge >= 0.3 is 0 Å². The maximum Gasteiger partial charge on any atom is 0.240 e. The van der Waals surface area contributed by atoms with Gasteiger partial charge in [0.1, 0.15) is 0 Å². The first-order chi connectivity index (χ1) is 13.6. The van der Waals surface area contributed by atoms with Crippen molar-refractivity contribution in [3.63, 3.8) is 0 Å². The zero-order valence-corrected chi connectivity index (χ0v) is 16.6. The van der Waals surface area contributed by atoms with Crippen molar-refractivity contribution in [3.8, 4) is 11.5 Å². The van der Waals surface area contributed by atoms with Crippen molar-refractivity contribution in [2.75, 3.05) is 31.2 Å². The third-order valence-electron chi connectivity index (χ3n) is 5.46. The Balaban J connectivity index is 1.46. The highest BCUT2D eigenvalue weighted by atomic mass is 16.5. The number of carbonyl (C=O) groups is 1. The average molecular weight is 380 g/mol. The fourth-order valence-electron chi connectivity index (χ4n) is 4.00. The average Bonchev–Trinajstić information content (AvgIpc) is 2.99. The molecule has 2 aliphatic rings. The molecule has 1 atom stereocenters. The molecule has 5 nitrogen and oxygen atoms in total. The summed E-state index contributed by atoms with van der Waals surface area (Å²) in [7, 11) is 0. The van der Waals surface area contributed by atoms with Crippen LogP contribution in [-0.2, 0) is 11.2 Å². The molecule has 2 aromatic carbocycles. The fraction of sp³-hybridized carbons (Fsp3) is 0.435. The van der Waals surface area contributed by atoms with Gasteiger partial charge in [0.05, 0.1) is 19.8 Å². The molecule has 0 saturated heterocycles. The Morgan fingerprint density at radius 2 is 1.89 bits per heavy atom. The summed E-state index contributed by atoms with van der Waals surface area (Å²) in [5.41, 5.74) is 3.42. The van der Waals surface area contributed by atoms with Gasteiger partial charge in [-0.15, -0.1) is 0 Å². The number of anilines is 1. The number of nitrogens with one attached hydrogen (secondary N) is 1. The summed E-state index contributed by atoms with van der Waals surface area (Å²) in [6, 6.07) is 14.3. The molecule has 5 heteroatoms. The predicted molar refractivity (Wildman–Crippen MR) is 110 cm³/mol. The van der Waals surface area contributed by atoms with Crippen LogP contribution in [0.15, 0.2) is 42.5 Å². The number of fused-ring (bicyclic) bond motifs is 2. The van der Waals surface area contributed by atoms with E-state index in [0.29, 0.717) is 25.7 Å². The molecule has 0 fully saturated rings. The summed E-state index contributed by atoms with van der Waals surface area (Å²) in [5, 5.41) is 3.48. The summed E-state index contributed by atoms with van der Waals surface area (Å²) < 4.78 is 11.6. The maximum absolute atomic E-state index is 12.9. The van der Waals surface area contributed by atoms with Gasteiger partial charge in [-0.05, 0) is 41.7 Å². The number of hydrogen-bond acceptors (Lipinski definition) is 4. The van der Waals surface area contributed by atoms with Gasteiger partial charge in [-0.1, -0.05) is 38.1 Å². The van der Waals surface area contributed by atoms with Crippen LogP contribution in [0.4, 0.5) is 5.69 Å². The van der Waals surface area contributed by atoms with E-state index in [1.165, 1.54) is 5.56 Å². The second-order valence-electron chi connectivity index (χ2n) is 7.78. The van der Waals surface area contributed by atoms with Crippen molar-refractivity contribution in [1.29, 1.82) is 0 Å². The first-order valence-corrected chi connectivity index (χ1v) is 10.1. The Morgan fingerprint density at radius 3 is 2.71 bits per heavy atom. The van der Waals surface area contributed by atoms with Crippen molar-refractivity contribution in [2.24, 2.45) is 5.92 Å². The summed E-state index contributed by atoms with van der Waals surface area (Å²) >= 11 is 0. The maximum atomic E-state index is 12.9. The van der Waals surface area contributed by atoms with Crippen LogP contribution < -0.4 is 19.7 Å². The van der Waals surface area contributed by atoms with Gasteiger partial charge in [0.15, 0.2) is 11.5 Å². The Labute approximate surface area is 166 Å². The number of nitrogens with zero attached hydrogens (tertiary/aromatic N) is 1. The third-order valence-corrected chi connectivity index (χ3v) is 5.46. The van der Waals surface area contributed by atoms with Crippen molar-refractivity contribution in [3.05, 3.63) is 53.6 Å². The second kappa shape index (κ2) is 8.23. The highest BCUT2D eigenvalue weighted by Crippen LogP contribution is 2.34. The Bertz CT molecular complexity index is 849. The molecule has 0 bridgehead atoms. The van der Waals surface area contributed by atoms with E-state index < -0.39 is 0 Å². The van der Waals surface area contributed by atoms with Gasteiger partial charge in [0.2, 0.25) is 5.91 Å². The highest BCUT2D eigenvalue weighted by Gasteiger charge is 2.25. The normalized spacial score (nSPS) is 16.6. The number of amides is 1. The predicted octanol–water partition coefficient (Wildman–Crippen LogP) is 3.72. The lowest BCUT2D eigenvalue weighted by Crippen LogP contribution is -2.39. The van der Waals surface area contributed by atoms with Crippen LogP contribution in [-0.4, -0.2) is 32.2 Å². The van der Waals surface area contributed by atoms with Crippen LogP contribution in [0.5, 0.6) is 11.5 Å². The van der Waals surface area contributed by atoms with E-state index in [2.05, 4.69) is 31.3 Å². The molecular formula is C23H28N2O3. The monoisotopic (exact) mass is 380 g/mol. The van der Waals surface area contributed by atoms with Crippen molar-refractivity contribution < 1.29 is 14.3 Å². The van der Waals surface area contributed by atoms with Crippen LogP contribution in [0.2, 0.25) is 0 Å². The first kappa shape index (κ1) is 18.8. The van der Waals surface area contributed by atoms with Crippen LogP contribution >= 0.6 is 0 Å². The van der Waals surface area contributed by atoms with Gasteiger partial charge in [-0.25, -0.2) is 0 Å². The van der Waals surface area contributed by atoms with Gasteiger partial charge in [0, 0.05) is 24.7 Å². The summed E-state index contributed by atoms with van der Waals surface area (Å²) in [5.74, 6) is 2.05. The van der Waals surface area contributed by atoms with Crippen molar-refractivity contribution >= 4 is 11.6 Å². The molecule has 1 N–H and O–H groups in total. The zero-order chi connectivity index (χ0) is 19.5. The van der Waals surface area contributed by atoms with Crippen LogP contribution in [0.1, 0.15) is 37.4 Å². The second-order valence-corrected chi connectivity index (χ2v) is 7.78. The first-order valence-electron chi connectivity index (χ1n) is 10.1. The van der Waals surface area contributed by atoms with Gasteiger partial charge in [0.25, 0.3) is 0 Å². The van der Waals surface area contributed by atoms with E-state index in [-0.39, 0.29) is 11.9 Å². The number of benzene rings is 2. The minimum Gasteiger partial charge on any atom is -0.490 e. The highest BCUT2D eigenvalue weighted by molar-refractivity contribution is 5.96. The molecule has 0 aliphatic carbocycles. The lowest BCUT2D eigenvalue weighted by molar-refractivity contribution is -0.117. The lowest BCUT2D eigenvalue weighted by Gasteiger charge is -2.25. The number of hydrogen-bond donors (Lipinski definition) is 1. The molecule has 0 aromatic heterocycles. The lowest BCUT2D eigenvalue weighted by atomic mass is 9.95. The number of rotatable bonds is 5. The van der Waals surface area contributed by atoms with E-state index in [0.717, 1.165) is 42.1 Å². The smallest absolute Gasteiger partial charge is 0.240 e. The minimum atomic E-state index is 0.0685. The molecule has 1 unspecified atom stereocenters.